The molecule has 4 nitrogen and oxygen atoms in total. The van der Waals surface area contributed by atoms with Crippen molar-refractivity contribution in [2.75, 3.05) is 20.3 Å². The van der Waals surface area contributed by atoms with E-state index in [0.717, 1.165) is 18.4 Å². The molecular formula is C21H27NO3. The number of terminal acetylenes is 1. The summed E-state index contributed by atoms with van der Waals surface area (Å²) in [5.74, 6) is 3.95. The van der Waals surface area contributed by atoms with Crippen molar-refractivity contribution in [3.05, 3.63) is 29.8 Å². The molecule has 0 unspecified atom stereocenters. The highest BCUT2D eigenvalue weighted by Gasteiger charge is 2.23. The summed E-state index contributed by atoms with van der Waals surface area (Å²) in [6.45, 7) is 2.84. The Balaban J connectivity index is 2.11. The molecule has 1 aliphatic rings. The largest absolute Gasteiger partial charge is 0.493 e. The fourth-order valence-electron chi connectivity index (χ4n) is 3.21. The summed E-state index contributed by atoms with van der Waals surface area (Å²) in [6, 6.07) is 5.88. The molecule has 1 fully saturated rings. The maximum absolute atomic E-state index is 12.6. The van der Waals surface area contributed by atoms with Gasteiger partial charge >= 0.3 is 0 Å². The van der Waals surface area contributed by atoms with Gasteiger partial charge in [0.25, 0.3) is 0 Å². The van der Waals surface area contributed by atoms with Crippen LogP contribution in [-0.2, 0) is 4.79 Å². The second-order valence-corrected chi connectivity index (χ2v) is 6.14. The SMILES string of the molecule is C#CCN(C(=O)/C=C\c1ccc(OC)c(OCC)c1)C1CCCCC1. The third-order valence-electron chi connectivity index (χ3n) is 4.47. The number of ether oxygens (including phenoxy) is 2. The maximum Gasteiger partial charge on any atom is 0.247 e. The first-order chi connectivity index (χ1) is 12.2. The van der Waals surface area contributed by atoms with E-state index in [1.54, 1.807) is 19.3 Å². The Morgan fingerprint density at radius 1 is 1.32 bits per heavy atom. The molecule has 0 spiro atoms. The van der Waals surface area contributed by atoms with E-state index >= 15 is 0 Å². The number of benzene rings is 1. The van der Waals surface area contributed by atoms with Crippen LogP contribution in [0.2, 0.25) is 0 Å². The standard InChI is InChI=1S/C21H27NO3/c1-4-15-22(18-9-7-6-8-10-18)21(23)14-12-17-11-13-19(24-3)20(16-17)25-5-2/h1,11-14,16,18H,5-10,15H2,2-3H3/b14-12-. The van der Waals surface area contributed by atoms with Gasteiger partial charge in [0.1, 0.15) is 0 Å². The lowest BCUT2D eigenvalue weighted by Crippen LogP contribution is -2.40. The first kappa shape index (κ1) is 18.9. The zero-order chi connectivity index (χ0) is 18.1. The summed E-state index contributed by atoms with van der Waals surface area (Å²) in [5, 5.41) is 0. The fourth-order valence-corrected chi connectivity index (χ4v) is 3.21. The number of carbonyl (C=O) groups is 1. The summed E-state index contributed by atoms with van der Waals surface area (Å²) < 4.78 is 10.9. The first-order valence-electron chi connectivity index (χ1n) is 8.92. The van der Waals surface area contributed by atoms with Crippen molar-refractivity contribution in [1.29, 1.82) is 0 Å². The predicted octanol–water partition coefficient (Wildman–Crippen LogP) is 3.90. The molecule has 0 saturated heterocycles. The van der Waals surface area contributed by atoms with E-state index in [1.807, 2.05) is 30.0 Å². The number of amides is 1. The van der Waals surface area contributed by atoms with Gasteiger partial charge in [-0.2, -0.15) is 0 Å². The van der Waals surface area contributed by atoms with E-state index in [1.165, 1.54) is 19.3 Å². The van der Waals surface area contributed by atoms with E-state index in [0.29, 0.717) is 24.7 Å². The topological polar surface area (TPSA) is 38.8 Å². The highest BCUT2D eigenvalue weighted by molar-refractivity contribution is 5.92. The summed E-state index contributed by atoms with van der Waals surface area (Å²) in [6.07, 6.45) is 14.5. The first-order valence-corrected chi connectivity index (χ1v) is 8.92. The van der Waals surface area contributed by atoms with Crippen molar-refractivity contribution in [1.82, 2.24) is 4.90 Å². The van der Waals surface area contributed by atoms with Crippen LogP contribution in [0.1, 0.15) is 44.6 Å². The zero-order valence-corrected chi connectivity index (χ0v) is 15.2. The Labute approximate surface area is 150 Å². The number of carbonyl (C=O) groups excluding carboxylic acids is 1. The van der Waals surface area contributed by atoms with Crippen LogP contribution >= 0.6 is 0 Å². The zero-order valence-electron chi connectivity index (χ0n) is 15.2. The molecule has 1 aromatic rings. The average molecular weight is 341 g/mol. The number of methoxy groups -OCH3 is 1. The van der Waals surface area contributed by atoms with Crippen molar-refractivity contribution in [3.8, 4) is 23.8 Å². The third-order valence-corrected chi connectivity index (χ3v) is 4.47. The minimum Gasteiger partial charge on any atom is -0.493 e. The molecule has 1 aliphatic carbocycles. The number of rotatable bonds is 7. The van der Waals surface area contributed by atoms with Gasteiger partial charge < -0.3 is 14.4 Å². The van der Waals surface area contributed by atoms with Crippen molar-refractivity contribution in [2.24, 2.45) is 0 Å². The molecule has 2 rings (SSSR count). The van der Waals surface area contributed by atoms with E-state index in [4.69, 9.17) is 15.9 Å². The monoisotopic (exact) mass is 341 g/mol. The molecule has 0 atom stereocenters. The summed E-state index contributed by atoms with van der Waals surface area (Å²) in [5.41, 5.74) is 0.891. The van der Waals surface area contributed by atoms with E-state index in [2.05, 4.69) is 5.92 Å². The maximum atomic E-state index is 12.6. The fraction of sp³-hybridized carbons (Fsp3) is 0.476. The summed E-state index contributed by atoms with van der Waals surface area (Å²) in [7, 11) is 1.61. The van der Waals surface area contributed by atoms with Crippen LogP contribution in [0.4, 0.5) is 0 Å². The second-order valence-electron chi connectivity index (χ2n) is 6.14. The molecule has 4 heteroatoms. The van der Waals surface area contributed by atoms with E-state index in [-0.39, 0.29) is 11.9 Å². The molecule has 0 bridgehead atoms. The van der Waals surface area contributed by atoms with Crippen LogP contribution < -0.4 is 9.47 Å². The predicted molar refractivity (Wildman–Crippen MR) is 101 cm³/mol. The minimum absolute atomic E-state index is 0.0290. The average Bonchev–Trinajstić information content (AvgIpc) is 2.65. The van der Waals surface area contributed by atoms with Gasteiger partial charge in [0.15, 0.2) is 11.5 Å². The van der Waals surface area contributed by atoms with Gasteiger partial charge in [0.2, 0.25) is 5.91 Å². The van der Waals surface area contributed by atoms with E-state index < -0.39 is 0 Å². The Bertz CT molecular complexity index is 639. The van der Waals surface area contributed by atoms with Crippen LogP contribution in [-0.4, -0.2) is 37.1 Å². The lowest BCUT2D eigenvalue weighted by atomic mass is 9.94. The van der Waals surface area contributed by atoms with E-state index in [9.17, 15) is 4.79 Å². The normalized spacial score (nSPS) is 14.9. The molecule has 134 valence electrons. The molecule has 1 aromatic carbocycles. The van der Waals surface area contributed by atoms with Gasteiger partial charge in [0, 0.05) is 12.1 Å². The Hall–Kier alpha value is -2.41. The Morgan fingerprint density at radius 3 is 2.72 bits per heavy atom. The van der Waals surface area contributed by atoms with Crippen LogP contribution in [0.25, 0.3) is 6.08 Å². The van der Waals surface area contributed by atoms with Crippen LogP contribution in [0.15, 0.2) is 24.3 Å². The smallest absolute Gasteiger partial charge is 0.247 e. The van der Waals surface area contributed by atoms with Gasteiger partial charge in [-0.05, 0) is 43.5 Å². The van der Waals surface area contributed by atoms with Gasteiger partial charge in [-0.1, -0.05) is 31.2 Å². The van der Waals surface area contributed by atoms with Gasteiger partial charge in [-0.3, -0.25) is 4.79 Å². The molecule has 0 aromatic heterocycles. The summed E-state index contributed by atoms with van der Waals surface area (Å²) in [4.78, 5) is 14.4. The molecule has 1 amide bonds. The lowest BCUT2D eigenvalue weighted by molar-refractivity contribution is -0.128. The Kier molecular flexibility index (Phi) is 7.40. The molecular weight excluding hydrogens is 314 g/mol. The van der Waals surface area contributed by atoms with Crippen molar-refractivity contribution in [3.63, 3.8) is 0 Å². The number of hydrogen-bond donors (Lipinski definition) is 0. The lowest BCUT2D eigenvalue weighted by Gasteiger charge is -2.32. The molecule has 0 heterocycles. The van der Waals surface area contributed by atoms with Crippen LogP contribution in [0.3, 0.4) is 0 Å². The highest BCUT2D eigenvalue weighted by atomic mass is 16.5. The highest BCUT2D eigenvalue weighted by Crippen LogP contribution is 2.28. The van der Waals surface area contributed by atoms with Crippen molar-refractivity contribution < 1.29 is 14.3 Å². The number of hydrogen-bond acceptors (Lipinski definition) is 3. The van der Waals surface area contributed by atoms with Crippen LogP contribution in [0, 0.1) is 12.3 Å². The summed E-state index contributed by atoms with van der Waals surface area (Å²) >= 11 is 0. The second kappa shape index (κ2) is 9.78. The van der Waals surface area contributed by atoms with Gasteiger partial charge in [0.05, 0.1) is 20.3 Å². The molecule has 1 saturated carbocycles. The quantitative estimate of drug-likeness (QED) is 0.558. The molecule has 0 radical (unpaired) electrons. The van der Waals surface area contributed by atoms with Crippen molar-refractivity contribution >= 4 is 12.0 Å². The molecule has 0 N–H and O–H groups in total. The number of nitrogens with zero attached hydrogens (tertiary/aromatic N) is 1. The van der Waals surface area contributed by atoms with Crippen molar-refractivity contribution in [2.45, 2.75) is 45.1 Å². The Morgan fingerprint density at radius 2 is 2.08 bits per heavy atom. The van der Waals surface area contributed by atoms with Gasteiger partial charge in [-0.25, -0.2) is 0 Å². The third kappa shape index (κ3) is 5.29. The minimum atomic E-state index is -0.0290. The molecule has 0 aliphatic heterocycles. The molecule has 25 heavy (non-hydrogen) atoms. The van der Waals surface area contributed by atoms with Crippen LogP contribution in [0.5, 0.6) is 11.5 Å². The van der Waals surface area contributed by atoms with Gasteiger partial charge in [-0.15, -0.1) is 6.42 Å².